The van der Waals surface area contributed by atoms with Crippen molar-refractivity contribution in [1.82, 2.24) is 0 Å². The molecule has 0 fully saturated rings. The van der Waals surface area contributed by atoms with Crippen LogP contribution in [-0.2, 0) is 37.1 Å². The van der Waals surface area contributed by atoms with Crippen LogP contribution in [0.4, 0.5) is 0 Å². The molecule has 3 aromatic rings. The van der Waals surface area contributed by atoms with Gasteiger partial charge in [-0.15, -0.1) is 0 Å². The number of benzene rings is 3. The van der Waals surface area contributed by atoms with Crippen LogP contribution < -0.4 is 20.9 Å². The lowest BCUT2D eigenvalue weighted by atomic mass is 9.86. The van der Waals surface area contributed by atoms with E-state index in [4.69, 9.17) is 20.9 Å². The molecule has 0 aliphatic carbocycles. The number of hydrogen-bond acceptors (Lipinski definition) is 4. The molecule has 34 heavy (non-hydrogen) atoms. The maximum absolute atomic E-state index is 6.09. The maximum atomic E-state index is 6.09. The topological polar surface area (TPSA) is 70.5 Å². The van der Waals surface area contributed by atoms with Gasteiger partial charge in [0, 0.05) is 24.2 Å². The maximum Gasteiger partial charge on any atom is 0.124 e. The molecule has 3 aromatic carbocycles. The van der Waals surface area contributed by atoms with Crippen LogP contribution in [0.2, 0.25) is 0 Å². The Kier molecular flexibility index (Phi) is 8.06. The van der Waals surface area contributed by atoms with Crippen molar-refractivity contribution in [3.8, 4) is 11.5 Å². The van der Waals surface area contributed by atoms with Gasteiger partial charge in [0.05, 0.1) is 0 Å². The standard InChI is InChI=1S/C30H40N2O2/c1-29(2,3)25-11-13-27(23(15-25)17-31)33-19-21-7-9-22(10-8-21)20-34-28-14-12-26(30(4,5)6)16-24(28)18-32/h7-16H,17-20,31-32H2,1-6H3. The number of rotatable bonds is 8. The smallest absolute Gasteiger partial charge is 0.124 e. The quantitative estimate of drug-likeness (QED) is 0.410. The molecule has 0 aliphatic heterocycles. The summed E-state index contributed by atoms with van der Waals surface area (Å²) in [4.78, 5) is 0. The Morgan fingerprint density at radius 3 is 1.21 bits per heavy atom. The lowest BCUT2D eigenvalue weighted by Crippen LogP contribution is -2.13. The molecule has 4 N–H and O–H groups in total. The second-order valence-corrected chi connectivity index (χ2v) is 10.9. The number of ether oxygens (including phenoxy) is 2. The van der Waals surface area contributed by atoms with Gasteiger partial charge >= 0.3 is 0 Å². The number of nitrogens with two attached hydrogens (primary N) is 2. The summed E-state index contributed by atoms with van der Waals surface area (Å²) < 4.78 is 12.2. The highest BCUT2D eigenvalue weighted by Crippen LogP contribution is 2.29. The molecule has 182 valence electrons. The molecular formula is C30H40N2O2. The molecule has 0 heterocycles. The van der Waals surface area contributed by atoms with Crippen molar-refractivity contribution in [2.45, 2.75) is 78.7 Å². The molecular weight excluding hydrogens is 420 g/mol. The van der Waals surface area contributed by atoms with E-state index in [9.17, 15) is 0 Å². The Labute approximate surface area is 205 Å². The van der Waals surface area contributed by atoms with E-state index in [1.54, 1.807) is 0 Å². The first-order valence-electron chi connectivity index (χ1n) is 12.0. The Bertz CT molecular complexity index is 1000. The minimum absolute atomic E-state index is 0.0832. The normalized spacial score (nSPS) is 12.0. The summed E-state index contributed by atoms with van der Waals surface area (Å²) in [5, 5.41) is 0. The average Bonchev–Trinajstić information content (AvgIpc) is 2.80. The van der Waals surface area contributed by atoms with Crippen LogP contribution in [0.3, 0.4) is 0 Å². The van der Waals surface area contributed by atoms with E-state index in [0.717, 1.165) is 33.8 Å². The Morgan fingerprint density at radius 2 is 0.912 bits per heavy atom. The molecule has 0 saturated carbocycles. The molecule has 3 rings (SSSR count). The minimum atomic E-state index is 0.0832. The highest BCUT2D eigenvalue weighted by Gasteiger charge is 2.17. The SMILES string of the molecule is CC(C)(C)c1ccc(OCc2ccc(COc3ccc(C(C)(C)C)cc3CN)cc2)c(CN)c1. The van der Waals surface area contributed by atoms with Crippen LogP contribution in [0.25, 0.3) is 0 Å². The fourth-order valence-corrected chi connectivity index (χ4v) is 3.75. The van der Waals surface area contributed by atoms with Gasteiger partial charge in [0.15, 0.2) is 0 Å². The van der Waals surface area contributed by atoms with E-state index in [2.05, 4.69) is 90.1 Å². The summed E-state index contributed by atoms with van der Waals surface area (Å²) in [6, 6.07) is 20.9. The molecule has 4 nitrogen and oxygen atoms in total. The molecule has 0 amide bonds. The summed E-state index contributed by atoms with van der Waals surface area (Å²) in [5.74, 6) is 1.69. The van der Waals surface area contributed by atoms with Gasteiger partial charge in [-0.1, -0.05) is 90.1 Å². The fourth-order valence-electron chi connectivity index (χ4n) is 3.75. The average molecular weight is 461 g/mol. The molecule has 0 bridgehead atoms. The third kappa shape index (κ3) is 6.62. The monoisotopic (exact) mass is 460 g/mol. The summed E-state index contributed by atoms with van der Waals surface area (Å²) in [6.07, 6.45) is 0. The second kappa shape index (κ2) is 10.6. The zero-order valence-corrected chi connectivity index (χ0v) is 21.6. The molecule has 0 aromatic heterocycles. The predicted octanol–water partition coefficient (Wildman–Crippen LogP) is 6.36. The third-order valence-electron chi connectivity index (χ3n) is 6.10. The van der Waals surface area contributed by atoms with Crippen LogP contribution in [0.1, 0.15) is 74.9 Å². The minimum Gasteiger partial charge on any atom is -0.489 e. The van der Waals surface area contributed by atoms with E-state index in [0.29, 0.717) is 26.3 Å². The van der Waals surface area contributed by atoms with Crippen molar-refractivity contribution < 1.29 is 9.47 Å². The second-order valence-electron chi connectivity index (χ2n) is 10.9. The molecule has 0 radical (unpaired) electrons. The highest BCUT2D eigenvalue weighted by molar-refractivity contribution is 5.41. The lowest BCUT2D eigenvalue weighted by molar-refractivity contribution is 0.299. The van der Waals surface area contributed by atoms with Gasteiger partial charge in [-0.25, -0.2) is 0 Å². The fraction of sp³-hybridized carbons (Fsp3) is 0.400. The van der Waals surface area contributed by atoms with Crippen molar-refractivity contribution in [1.29, 1.82) is 0 Å². The van der Waals surface area contributed by atoms with E-state index in [1.807, 2.05) is 12.1 Å². The molecule has 0 spiro atoms. The van der Waals surface area contributed by atoms with Gasteiger partial charge < -0.3 is 20.9 Å². The third-order valence-corrected chi connectivity index (χ3v) is 6.10. The van der Waals surface area contributed by atoms with Crippen molar-refractivity contribution in [3.05, 3.63) is 94.0 Å². The van der Waals surface area contributed by atoms with Crippen LogP contribution in [0, 0.1) is 0 Å². The van der Waals surface area contributed by atoms with Crippen LogP contribution >= 0.6 is 0 Å². The summed E-state index contributed by atoms with van der Waals surface area (Å²) in [5.41, 5.74) is 18.9. The van der Waals surface area contributed by atoms with Gasteiger partial charge in [-0.2, -0.15) is 0 Å². The van der Waals surface area contributed by atoms with E-state index in [1.165, 1.54) is 11.1 Å². The molecule has 4 heteroatoms. The van der Waals surface area contributed by atoms with Crippen LogP contribution in [0.5, 0.6) is 11.5 Å². The van der Waals surface area contributed by atoms with Gasteiger partial charge in [0.25, 0.3) is 0 Å². The summed E-state index contributed by atoms with van der Waals surface area (Å²) in [7, 11) is 0. The van der Waals surface area contributed by atoms with Crippen molar-refractivity contribution >= 4 is 0 Å². The highest BCUT2D eigenvalue weighted by atomic mass is 16.5. The van der Waals surface area contributed by atoms with Crippen molar-refractivity contribution in [2.24, 2.45) is 11.5 Å². The summed E-state index contributed by atoms with van der Waals surface area (Å²) in [6.45, 7) is 15.1. The first kappa shape index (κ1) is 25.8. The molecule has 0 saturated heterocycles. The zero-order chi connectivity index (χ0) is 24.9. The molecule has 0 atom stereocenters. The largest absolute Gasteiger partial charge is 0.489 e. The first-order valence-corrected chi connectivity index (χ1v) is 12.0. The first-order chi connectivity index (χ1) is 16.0. The van der Waals surface area contributed by atoms with Crippen LogP contribution in [0.15, 0.2) is 60.7 Å². The predicted molar refractivity (Wildman–Crippen MR) is 141 cm³/mol. The van der Waals surface area contributed by atoms with Crippen molar-refractivity contribution in [2.75, 3.05) is 0 Å². The van der Waals surface area contributed by atoms with Gasteiger partial charge in [0.1, 0.15) is 24.7 Å². The lowest BCUT2D eigenvalue weighted by Gasteiger charge is -2.21. The van der Waals surface area contributed by atoms with Crippen molar-refractivity contribution in [3.63, 3.8) is 0 Å². The van der Waals surface area contributed by atoms with Gasteiger partial charge in [0.2, 0.25) is 0 Å². The van der Waals surface area contributed by atoms with E-state index >= 15 is 0 Å². The Morgan fingerprint density at radius 1 is 0.559 bits per heavy atom. The molecule has 0 aliphatic rings. The molecule has 0 unspecified atom stereocenters. The Hall–Kier alpha value is -2.82. The van der Waals surface area contributed by atoms with E-state index in [-0.39, 0.29) is 10.8 Å². The Balaban J connectivity index is 1.61. The zero-order valence-electron chi connectivity index (χ0n) is 21.6. The van der Waals surface area contributed by atoms with Crippen LogP contribution in [-0.4, -0.2) is 0 Å². The number of hydrogen-bond donors (Lipinski definition) is 2. The van der Waals surface area contributed by atoms with E-state index < -0.39 is 0 Å². The summed E-state index contributed by atoms with van der Waals surface area (Å²) >= 11 is 0. The van der Waals surface area contributed by atoms with Gasteiger partial charge in [-0.3, -0.25) is 0 Å². The van der Waals surface area contributed by atoms with Gasteiger partial charge in [-0.05, 0) is 45.2 Å².